The van der Waals surface area contributed by atoms with E-state index in [1.807, 2.05) is 0 Å². The van der Waals surface area contributed by atoms with Crippen LogP contribution in [0.2, 0.25) is 0 Å². The van der Waals surface area contributed by atoms with Gasteiger partial charge in [-0.25, -0.2) is 0 Å². The lowest BCUT2D eigenvalue weighted by atomic mass is 10.1. The molecular weight excluding hydrogens is 398 g/mol. The van der Waals surface area contributed by atoms with Crippen molar-refractivity contribution in [3.05, 3.63) is 71.1 Å². The van der Waals surface area contributed by atoms with E-state index in [1.54, 1.807) is 62.4 Å². The fourth-order valence-electron chi connectivity index (χ4n) is 2.95. The molecule has 0 radical (unpaired) electrons. The first-order valence-electron chi connectivity index (χ1n) is 9.48. The molecule has 2 N–H and O–H groups in total. The first-order chi connectivity index (χ1) is 14.9. The van der Waals surface area contributed by atoms with Crippen molar-refractivity contribution in [1.29, 1.82) is 0 Å². The number of hydrogen-bond acceptors (Lipinski definition) is 6. The number of ether oxygens (including phenoxy) is 2. The number of methoxy groups -OCH3 is 2. The summed E-state index contributed by atoms with van der Waals surface area (Å²) in [6.45, 7) is 3.44. The second-order valence-corrected chi connectivity index (χ2v) is 6.60. The minimum absolute atomic E-state index is 0.133. The molecule has 1 aromatic heterocycles. The Balaban J connectivity index is 1.98. The number of carbonyl (C=O) groups excluding carboxylic acids is 2. The average Bonchev–Trinajstić information content (AvgIpc) is 3.09. The number of nitrogens with zero attached hydrogens (tertiary/aromatic N) is 1. The first-order valence-corrected chi connectivity index (χ1v) is 9.48. The fourth-order valence-corrected chi connectivity index (χ4v) is 2.95. The number of rotatable bonds is 7. The Kier molecular flexibility index (Phi) is 6.71. The highest BCUT2D eigenvalue weighted by Gasteiger charge is 2.22. The van der Waals surface area contributed by atoms with Gasteiger partial charge in [0.25, 0.3) is 11.8 Å². The SMILES string of the molecule is COc1ccccc1NC(=O)C(=Cc1c(C)noc1C)C(=O)Nc1ccccc1OC. The zero-order chi connectivity index (χ0) is 22.4. The van der Waals surface area contributed by atoms with Crippen molar-refractivity contribution in [2.24, 2.45) is 0 Å². The normalized spacial score (nSPS) is 10.2. The maximum Gasteiger partial charge on any atom is 0.261 e. The molecule has 0 aliphatic carbocycles. The Morgan fingerprint density at radius 2 is 1.35 bits per heavy atom. The summed E-state index contributed by atoms with van der Waals surface area (Å²) in [6.07, 6.45) is 1.46. The Bertz CT molecular complexity index is 1050. The minimum Gasteiger partial charge on any atom is -0.495 e. The predicted molar refractivity (Wildman–Crippen MR) is 117 cm³/mol. The highest BCUT2D eigenvalue weighted by atomic mass is 16.5. The Morgan fingerprint density at radius 1 is 0.871 bits per heavy atom. The molecule has 1 heterocycles. The van der Waals surface area contributed by atoms with E-state index in [2.05, 4.69) is 15.8 Å². The van der Waals surface area contributed by atoms with Gasteiger partial charge in [0.1, 0.15) is 22.8 Å². The maximum absolute atomic E-state index is 13.1. The molecule has 0 spiro atoms. The van der Waals surface area contributed by atoms with Crippen LogP contribution in [0.5, 0.6) is 11.5 Å². The number of benzene rings is 2. The van der Waals surface area contributed by atoms with Gasteiger partial charge in [-0.15, -0.1) is 0 Å². The van der Waals surface area contributed by atoms with Gasteiger partial charge in [-0.1, -0.05) is 29.4 Å². The van der Waals surface area contributed by atoms with Gasteiger partial charge in [0.05, 0.1) is 31.3 Å². The molecule has 160 valence electrons. The van der Waals surface area contributed by atoms with Crippen molar-refractivity contribution >= 4 is 29.3 Å². The van der Waals surface area contributed by atoms with E-state index >= 15 is 0 Å². The highest BCUT2D eigenvalue weighted by Crippen LogP contribution is 2.27. The lowest BCUT2D eigenvalue weighted by Crippen LogP contribution is -2.25. The quantitative estimate of drug-likeness (QED) is 0.340. The molecule has 0 fully saturated rings. The van der Waals surface area contributed by atoms with E-state index < -0.39 is 11.8 Å². The van der Waals surface area contributed by atoms with E-state index in [4.69, 9.17) is 14.0 Å². The van der Waals surface area contributed by atoms with E-state index in [-0.39, 0.29) is 5.57 Å². The van der Waals surface area contributed by atoms with Crippen LogP contribution >= 0.6 is 0 Å². The molecule has 0 bridgehead atoms. The molecule has 0 saturated heterocycles. The third-order valence-electron chi connectivity index (χ3n) is 4.58. The number of aromatic nitrogens is 1. The summed E-state index contributed by atoms with van der Waals surface area (Å²) >= 11 is 0. The summed E-state index contributed by atoms with van der Waals surface area (Å²) in [4.78, 5) is 26.3. The van der Waals surface area contributed by atoms with E-state index in [0.29, 0.717) is 39.9 Å². The highest BCUT2D eigenvalue weighted by molar-refractivity contribution is 6.29. The van der Waals surface area contributed by atoms with Gasteiger partial charge >= 0.3 is 0 Å². The summed E-state index contributed by atoms with van der Waals surface area (Å²) < 4.78 is 15.7. The largest absolute Gasteiger partial charge is 0.495 e. The second-order valence-electron chi connectivity index (χ2n) is 6.60. The Hall–Kier alpha value is -4.07. The van der Waals surface area contributed by atoms with Crippen LogP contribution < -0.4 is 20.1 Å². The van der Waals surface area contributed by atoms with Crippen LogP contribution in [0.25, 0.3) is 6.08 Å². The smallest absolute Gasteiger partial charge is 0.261 e. The second kappa shape index (κ2) is 9.62. The molecule has 8 nitrogen and oxygen atoms in total. The minimum atomic E-state index is -0.614. The van der Waals surface area contributed by atoms with Crippen molar-refractivity contribution in [3.8, 4) is 11.5 Å². The Labute approximate surface area is 179 Å². The molecule has 3 rings (SSSR count). The number of hydrogen-bond donors (Lipinski definition) is 2. The standard InChI is InChI=1S/C23H23N3O5/c1-14-16(15(2)31-26-14)13-17(22(27)24-18-9-5-7-11-20(18)29-3)23(28)25-19-10-6-8-12-21(19)30-4/h5-13H,1-4H3,(H,24,27)(H,25,28). The summed E-state index contributed by atoms with van der Waals surface area (Å²) in [7, 11) is 3.00. The van der Waals surface area contributed by atoms with Crippen molar-refractivity contribution in [1.82, 2.24) is 5.16 Å². The van der Waals surface area contributed by atoms with Crippen LogP contribution in [0, 0.1) is 13.8 Å². The molecule has 0 aliphatic rings. The molecule has 0 atom stereocenters. The van der Waals surface area contributed by atoms with Crippen molar-refractivity contribution in [3.63, 3.8) is 0 Å². The van der Waals surface area contributed by atoms with Crippen LogP contribution in [-0.2, 0) is 9.59 Å². The predicted octanol–water partition coefficient (Wildman–Crippen LogP) is 3.97. The van der Waals surface area contributed by atoms with Gasteiger partial charge in [-0.3, -0.25) is 9.59 Å². The van der Waals surface area contributed by atoms with Gasteiger partial charge in [0.2, 0.25) is 0 Å². The fraction of sp³-hybridized carbons (Fsp3) is 0.174. The van der Waals surface area contributed by atoms with Crippen molar-refractivity contribution < 1.29 is 23.6 Å². The first kappa shape index (κ1) is 21.6. The summed E-state index contributed by atoms with van der Waals surface area (Å²) in [6, 6.07) is 13.9. The molecule has 2 amide bonds. The lowest BCUT2D eigenvalue weighted by molar-refractivity contribution is -0.118. The number of anilines is 2. The van der Waals surface area contributed by atoms with Crippen molar-refractivity contribution in [2.45, 2.75) is 13.8 Å². The lowest BCUT2D eigenvalue weighted by Gasteiger charge is -2.14. The average molecular weight is 421 g/mol. The topological polar surface area (TPSA) is 103 Å². The third-order valence-corrected chi connectivity index (χ3v) is 4.58. The Morgan fingerprint density at radius 3 is 1.77 bits per heavy atom. The number of nitrogens with one attached hydrogen (secondary N) is 2. The number of aryl methyl sites for hydroxylation is 2. The van der Waals surface area contributed by atoms with Gasteiger partial charge in [0, 0.05) is 5.56 Å². The van der Waals surface area contributed by atoms with E-state index in [0.717, 1.165) is 0 Å². The summed E-state index contributed by atoms with van der Waals surface area (Å²) in [5, 5.41) is 9.35. The van der Waals surface area contributed by atoms with E-state index in [9.17, 15) is 9.59 Å². The molecular formula is C23H23N3O5. The van der Waals surface area contributed by atoms with Crippen LogP contribution in [-0.4, -0.2) is 31.2 Å². The van der Waals surface area contributed by atoms with Gasteiger partial charge in [-0.05, 0) is 44.2 Å². The molecule has 8 heteroatoms. The van der Waals surface area contributed by atoms with Crippen molar-refractivity contribution in [2.75, 3.05) is 24.9 Å². The third kappa shape index (κ3) is 4.92. The van der Waals surface area contributed by atoms with Crippen LogP contribution in [0.1, 0.15) is 17.0 Å². The van der Waals surface area contributed by atoms with Crippen LogP contribution in [0.15, 0.2) is 58.6 Å². The van der Waals surface area contributed by atoms with Crippen LogP contribution in [0.4, 0.5) is 11.4 Å². The molecule has 0 saturated carbocycles. The van der Waals surface area contributed by atoms with Gasteiger partial charge in [-0.2, -0.15) is 0 Å². The zero-order valence-electron chi connectivity index (χ0n) is 17.7. The maximum atomic E-state index is 13.1. The molecule has 2 aromatic carbocycles. The van der Waals surface area contributed by atoms with Crippen LogP contribution in [0.3, 0.4) is 0 Å². The number of amides is 2. The van der Waals surface area contributed by atoms with Gasteiger partial charge in [0.15, 0.2) is 0 Å². The zero-order valence-corrected chi connectivity index (χ0v) is 17.7. The molecule has 3 aromatic rings. The number of para-hydroxylation sites is 4. The number of carbonyl (C=O) groups is 2. The molecule has 31 heavy (non-hydrogen) atoms. The molecule has 0 aliphatic heterocycles. The molecule has 0 unspecified atom stereocenters. The summed E-state index contributed by atoms with van der Waals surface area (Å²) in [5.41, 5.74) is 1.85. The van der Waals surface area contributed by atoms with E-state index in [1.165, 1.54) is 20.3 Å². The monoisotopic (exact) mass is 421 g/mol. The summed E-state index contributed by atoms with van der Waals surface area (Å²) in [5.74, 6) is 0.203. The van der Waals surface area contributed by atoms with Gasteiger partial charge < -0.3 is 24.6 Å².